The number of fused-ring (bicyclic) bond motifs is 4. The summed E-state index contributed by atoms with van der Waals surface area (Å²) in [6.45, 7) is 4.21. The van der Waals surface area contributed by atoms with Gasteiger partial charge in [0.2, 0.25) is 0 Å². The molecule has 4 aromatic rings. The van der Waals surface area contributed by atoms with Crippen molar-refractivity contribution in [2.75, 3.05) is 5.32 Å². The summed E-state index contributed by atoms with van der Waals surface area (Å²) in [6, 6.07) is 20.2. The van der Waals surface area contributed by atoms with E-state index in [0.29, 0.717) is 29.1 Å². The van der Waals surface area contributed by atoms with Gasteiger partial charge in [0.05, 0.1) is 5.56 Å². The molecule has 1 atom stereocenters. The number of hydrogen-bond donors (Lipinski definition) is 1. The third-order valence-electron chi connectivity index (χ3n) is 7.12. The third-order valence-corrected chi connectivity index (χ3v) is 7.12. The highest BCUT2D eigenvalue weighted by Gasteiger charge is 2.41. The molecule has 0 bridgehead atoms. The largest absolute Gasteiger partial charge is 0.459 e. The standard InChI is InChI=1S/C30H24F3NO2/c1-29(2)15-21-26-20-9-4-3-6-17(20)10-11-22(26)34-28(27(21)23(35)16-29)25-13-12-24(36-25)18-7-5-8-19(14-18)30(31,32)33/h3-14,28,34H,15-16H2,1-2H3/t28-/m1/s1. The molecule has 0 amide bonds. The number of nitrogens with one attached hydrogen (secondary N) is 1. The minimum atomic E-state index is -4.44. The fourth-order valence-corrected chi connectivity index (χ4v) is 5.56. The van der Waals surface area contributed by atoms with Gasteiger partial charge in [-0.15, -0.1) is 0 Å². The highest BCUT2D eigenvalue weighted by molar-refractivity contribution is 6.12. The number of hydrogen-bond acceptors (Lipinski definition) is 3. The van der Waals surface area contributed by atoms with Crippen LogP contribution in [0.2, 0.25) is 0 Å². The van der Waals surface area contributed by atoms with Crippen LogP contribution in [0.4, 0.5) is 18.9 Å². The second-order valence-corrected chi connectivity index (χ2v) is 10.4. The van der Waals surface area contributed by atoms with Crippen LogP contribution in [0.3, 0.4) is 0 Å². The van der Waals surface area contributed by atoms with Gasteiger partial charge < -0.3 is 9.73 Å². The molecule has 2 aliphatic rings. The van der Waals surface area contributed by atoms with Gasteiger partial charge in [0.25, 0.3) is 0 Å². The van der Waals surface area contributed by atoms with Crippen molar-refractivity contribution in [3.05, 3.63) is 95.3 Å². The van der Waals surface area contributed by atoms with E-state index in [9.17, 15) is 18.0 Å². The lowest BCUT2D eigenvalue weighted by Gasteiger charge is -2.39. The number of carbonyl (C=O) groups excluding carboxylic acids is 1. The van der Waals surface area contributed by atoms with Crippen LogP contribution in [0.5, 0.6) is 0 Å². The monoisotopic (exact) mass is 487 g/mol. The van der Waals surface area contributed by atoms with Gasteiger partial charge in [-0.25, -0.2) is 0 Å². The maximum Gasteiger partial charge on any atom is 0.416 e. The number of benzene rings is 3. The van der Waals surface area contributed by atoms with E-state index in [-0.39, 0.29) is 11.2 Å². The molecular formula is C30H24F3NO2. The average Bonchev–Trinajstić information content (AvgIpc) is 3.32. The number of rotatable bonds is 2. The van der Waals surface area contributed by atoms with Crippen molar-refractivity contribution in [3.63, 3.8) is 0 Å². The van der Waals surface area contributed by atoms with Gasteiger partial charge in [-0.3, -0.25) is 4.79 Å². The molecule has 0 fully saturated rings. The summed E-state index contributed by atoms with van der Waals surface area (Å²) in [5.41, 5.74) is 3.09. The van der Waals surface area contributed by atoms with Crippen molar-refractivity contribution >= 4 is 27.8 Å². The van der Waals surface area contributed by atoms with Crippen LogP contribution in [0.25, 0.3) is 27.7 Å². The summed E-state index contributed by atoms with van der Waals surface area (Å²) in [7, 11) is 0. The summed E-state index contributed by atoms with van der Waals surface area (Å²) >= 11 is 0. The molecule has 0 radical (unpaired) electrons. The smallest absolute Gasteiger partial charge is 0.416 e. The maximum absolute atomic E-state index is 13.5. The lowest BCUT2D eigenvalue weighted by atomic mass is 9.68. The normalized spacial score (nSPS) is 19.1. The Morgan fingerprint density at radius 1 is 0.944 bits per heavy atom. The number of halogens is 3. The highest BCUT2D eigenvalue weighted by atomic mass is 19.4. The molecule has 6 rings (SSSR count). The zero-order valence-corrected chi connectivity index (χ0v) is 19.9. The summed E-state index contributed by atoms with van der Waals surface area (Å²) < 4.78 is 45.8. The van der Waals surface area contributed by atoms with Crippen molar-refractivity contribution in [2.24, 2.45) is 5.41 Å². The minimum Gasteiger partial charge on any atom is -0.459 e. The minimum absolute atomic E-state index is 0.0642. The Morgan fingerprint density at radius 2 is 1.75 bits per heavy atom. The number of Topliss-reactive ketones (excluding diaryl/α,β-unsaturated/α-hetero) is 1. The first-order valence-electron chi connectivity index (χ1n) is 11.9. The lowest BCUT2D eigenvalue weighted by molar-refractivity contribution is -0.137. The summed E-state index contributed by atoms with van der Waals surface area (Å²) in [4.78, 5) is 13.5. The summed E-state index contributed by atoms with van der Waals surface area (Å²) in [6.07, 6.45) is -3.27. The first-order chi connectivity index (χ1) is 17.1. The molecule has 1 aliphatic carbocycles. The van der Waals surface area contributed by atoms with Crippen LogP contribution in [0, 0.1) is 5.41 Å². The number of anilines is 1. The Bertz CT molecular complexity index is 1560. The van der Waals surface area contributed by atoms with Gasteiger partial charge in [-0.1, -0.05) is 56.3 Å². The highest BCUT2D eigenvalue weighted by Crippen LogP contribution is 2.52. The van der Waals surface area contributed by atoms with E-state index in [1.54, 1.807) is 18.2 Å². The Kier molecular flexibility index (Phi) is 4.94. The van der Waals surface area contributed by atoms with Gasteiger partial charge in [0.15, 0.2) is 5.78 Å². The molecule has 182 valence electrons. The molecule has 1 N–H and O–H groups in total. The van der Waals surface area contributed by atoms with Gasteiger partial charge in [0, 0.05) is 28.8 Å². The van der Waals surface area contributed by atoms with Crippen LogP contribution in [0.1, 0.15) is 49.6 Å². The predicted octanol–water partition coefficient (Wildman–Crippen LogP) is 8.43. The molecule has 0 saturated carbocycles. The van der Waals surface area contributed by atoms with E-state index in [1.807, 2.05) is 18.2 Å². The zero-order valence-electron chi connectivity index (χ0n) is 19.9. The first-order valence-corrected chi connectivity index (χ1v) is 11.9. The molecule has 0 saturated heterocycles. The van der Waals surface area contributed by atoms with E-state index in [4.69, 9.17) is 4.42 Å². The number of carbonyl (C=O) groups is 1. The van der Waals surface area contributed by atoms with E-state index in [1.165, 1.54) is 6.07 Å². The van der Waals surface area contributed by atoms with Crippen LogP contribution in [-0.4, -0.2) is 5.78 Å². The quantitative estimate of drug-likeness (QED) is 0.309. The zero-order chi connectivity index (χ0) is 25.2. The molecule has 2 heterocycles. The van der Waals surface area contributed by atoms with E-state index in [2.05, 4.69) is 37.4 Å². The average molecular weight is 488 g/mol. The SMILES string of the molecule is CC1(C)CC(=O)C2=C(C1)c1c(ccc3ccccc13)N[C@@H]2c1ccc(-c2cccc(C(F)(F)F)c2)o1. The van der Waals surface area contributed by atoms with Gasteiger partial charge >= 0.3 is 6.18 Å². The second kappa shape index (κ2) is 7.85. The van der Waals surface area contributed by atoms with Crippen molar-refractivity contribution < 1.29 is 22.4 Å². The van der Waals surface area contributed by atoms with Crippen LogP contribution < -0.4 is 5.32 Å². The summed E-state index contributed by atoms with van der Waals surface area (Å²) in [5, 5.41) is 5.70. The topological polar surface area (TPSA) is 42.2 Å². The van der Waals surface area contributed by atoms with Crippen molar-refractivity contribution in [1.29, 1.82) is 0 Å². The van der Waals surface area contributed by atoms with Crippen LogP contribution in [0.15, 0.2) is 82.8 Å². The van der Waals surface area contributed by atoms with Gasteiger partial charge in [-0.05, 0) is 58.5 Å². The molecule has 6 heteroatoms. The third kappa shape index (κ3) is 3.72. The van der Waals surface area contributed by atoms with Crippen LogP contribution >= 0.6 is 0 Å². The number of furan rings is 1. The summed E-state index contributed by atoms with van der Waals surface area (Å²) in [5.74, 6) is 0.893. The van der Waals surface area contributed by atoms with E-state index < -0.39 is 17.8 Å². The molecule has 36 heavy (non-hydrogen) atoms. The van der Waals surface area contributed by atoms with Crippen LogP contribution in [-0.2, 0) is 11.0 Å². The van der Waals surface area contributed by atoms with Gasteiger partial charge in [-0.2, -0.15) is 13.2 Å². The van der Waals surface area contributed by atoms with E-state index in [0.717, 1.165) is 46.1 Å². The molecule has 0 spiro atoms. The number of alkyl halides is 3. The molecular weight excluding hydrogens is 463 g/mol. The first kappa shape index (κ1) is 22.7. The predicted molar refractivity (Wildman–Crippen MR) is 134 cm³/mol. The fourth-order valence-electron chi connectivity index (χ4n) is 5.56. The molecule has 1 aromatic heterocycles. The molecule has 3 aromatic carbocycles. The molecule has 3 nitrogen and oxygen atoms in total. The Morgan fingerprint density at radius 3 is 2.56 bits per heavy atom. The van der Waals surface area contributed by atoms with Crippen molar-refractivity contribution in [3.8, 4) is 11.3 Å². The van der Waals surface area contributed by atoms with Crippen molar-refractivity contribution in [2.45, 2.75) is 38.9 Å². The second-order valence-electron chi connectivity index (χ2n) is 10.4. The molecule has 1 aliphatic heterocycles. The number of allylic oxidation sites excluding steroid dienone is 1. The molecule has 0 unspecified atom stereocenters. The lowest BCUT2D eigenvalue weighted by Crippen LogP contribution is -2.33. The fraction of sp³-hybridized carbons (Fsp3) is 0.233. The Balaban J connectivity index is 1.49. The van der Waals surface area contributed by atoms with Crippen molar-refractivity contribution in [1.82, 2.24) is 0 Å². The Hall–Kier alpha value is -3.80. The number of ketones is 1. The van der Waals surface area contributed by atoms with E-state index >= 15 is 0 Å². The Labute approximate surface area is 206 Å². The maximum atomic E-state index is 13.5. The van der Waals surface area contributed by atoms with Gasteiger partial charge in [0.1, 0.15) is 17.6 Å².